The van der Waals surface area contributed by atoms with Crippen LogP contribution in [0.3, 0.4) is 0 Å². The van der Waals surface area contributed by atoms with E-state index in [1.54, 1.807) is 12.3 Å². The van der Waals surface area contributed by atoms with Crippen molar-refractivity contribution >= 4 is 5.82 Å². The van der Waals surface area contributed by atoms with Crippen LogP contribution in [0, 0.1) is 11.7 Å². The van der Waals surface area contributed by atoms with Crippen LogP contribution in [0.25, 0.3) is 0 Å². The molecule has 0 fully saturated rings. The lowest BCUT2D eigenvalue weighted by Gasteiger charge is -2.11. The molecule has 0 radical (unpaired) electrons. The van der Waals surface area contributed by atoms with Crippen LogP contribution in [0.2, 0.25) is 0 Å². The maximum absolute atomic E-state index is 14.0. The van der Waals surface area contributed by atoms with E-state index in [2.05, 4.69) is 29.5 Å². The molecule has 0 saturated heterocycles. The maximum atomic E-state index is 14.0. The van der Waals surface area contributed by atoms with Crippen molar-refractivity contribution in [2.24, 2.45) is 5.92 Å². The van der Waals surface area contributed by atoms with Gasteiger partial charge >= 0.3 is 0 Å². The lowest BCUT2D eigenvalue weighted by molar-refractivity contribution is 0.534. The summed E-state index contributed by atoms with van der Waals surface area (Å²) in [6.45, 7) is 8.48. The summed E-state index contributed by atoms with van der Waals surface area (Å²) >= 11 is 0. The first-order valence-corrected chi connectivity index (χ1v) is 6.23. The van der Waals surface area contributed by atoms with Crippen molar-refractivity contribution < 1.29 is 4.39 Å². The quantitative estimate of drug-likeness (QED) is 0.768. The zero-order chi connectivity index (χ0) is 12.7. The Morgan fingerprint density at radius 3 is 2.82 bits per heavy atom. The molecule has 1 aromatic rings. The topological polar surface area (TPSA) is 37.0 Å². The predicted octanol–water partition coefficient (Wildman–Crippen LogP) is 2.79. The molecule has 0 aromatic carbocycles. The van der Waals surface area contributed by atoms with Crippen LogP contribution in [0.15, 0.2) is 12.3 Å². The van der Waals surface area contributed by atoms with E-state index in [1.807, 2.05) is 6.92 Å². The monoisotopic (exact) mass is 239 g/mol. The smallest absolute Gasteiger partial charge is 0.169 e. The number of aromatic nitrogens is 1. The minimum atomic E-state index is -0.239. The molecule has 4 heteroatoms. The van der Waals surface area contributed by atoms with E-state index in [1.165, 1.54) is 0 Å². The van der Waals surface area contributed by atoms with Gasteiger partial charge in [0, 0.05) is 24.8 Å². The van der Waals surface area contributed by atoms with Crippen LogP contribution in [0.5, 0.6) is 0 Å². The largest absolute Gasteiger partial charge is 0.368 e. The van der Waals surface area contributed by atoms with Crippen molar-refractivity contribution in [1.82, 2.24) is 10.3 Å². The van der Waals surface area contributed by atoms with Gasteiger partial charge < -0.3 is 10.6 Å². The first kappa shape index (κ1) is 13.9. The lowest BCUT2D eigenvalue weighted by Crippen LogP contribution is -2.20. The van der Waals surface area contributed by atoms with E-state index in [4.69, 9.17) is 0 Å². The number of rotatable bonds is 7. The molecule has 96 valence electrons. The van der Waals surface area contributed by atoms with Crippen molar-refractivity contribution in [3.8, 4) is 0 Å². The summed E-state index contributed by atoms with van der Waals surface area (Å²) in [5.41, 5.74) is 0.666. The second-order valence-electron chi connectivity index (χ2n) is 4.58. The minimum Gasteiger partial charge on any atom is -0.368 e. The third kappa shape index (κ3) is 4.69. The van der Waals surface area contributed by atoms with Gasteiger partial charge in [0.1, 0.15) is 0 Å². The zero-order valence-electron chi connectivity index (χ0n) is 10.9. The van der Waals surface area contributed by atoms with E-state index in [0.717, 1.165) is 19.5 Å². The highest BCUT2D eigenvalue weighted by Gasteiger charge is 2.08. The van der Waals surface area contributed by atoms with E-state index >= 15 is 0 Å². The number of hydrogen-bond donors (Lipinski definition) is 2. The zero-order valence-corrected chi connectivity index (χ0v) is 10.9. The molecule has 0 aliphatic rings. The number of pyridine rings is 1. The molecule has 17 heavy (non-hydrogen) atoms. The second-order valence-corrected chi connectivity index (χ2v) is 4.58. The van der Waals surface area contributed by atoms with Crippen molar-refractivity contribution in [3.63, 3.8) is 0 Å². The molecular weight excluding hydrogens is 217 g/mol. The molecule has 0 amide bonds. The van der Waals surface area contributed by atoms with E-state index in [9.17, 15) is 4.39 Å². The normalized spacial score (nSPS) is 10.9. The van der Waals surface area contributed by atoms with E-state index in [-0.39, 0.29) is 5.82 Å². The third-order valence-corrected chi connectivity index (χ3v) is 2.38. The van der Waals surface area contributed by atoms with Crippen LogP contribution in [-0.2, 0) is 6.54 Å². The fraction of sp³-hybridized carbons (Fsp3) is 0.615. The fourth-order valence-corrected chi connectivity index (χ4v) is 1.48. The highest BCUT2D eigenvalue weighted by Crippen LogP contribution is 2.14. The summed E-state index contributed by atoms with van der Waals surface area (Å²) in [7, 11) is 0. The van der Waals surface area contributed by atoms with E-state index in [0.29, 0.717) is 23.8 Å². The van der Waals surface area contributed by atoms with Crippen LogP contribution < -0.4 is 10.6 Å². The van der Waals surface area contributed by atoms with Crippen molar-refractivity contribution in [2.75, 3.05) is 18.4 Å². The Morgan fingerprint density at radius 2 is 2.18 bits per heavy atom. The Kier molecular flexibility index (Phi) is 5.91. The SMILES string of the molecule is CCCNc1nccc(CNCC(C)C)c1F. The Labute approximate surface area is 103 Å². The highest BCUT2D eigenvalue weighted by atomic mass is 19.1. The Balaban J connectivity index is 2.59. The van der Waals surface area contributed by atoms with Gasteiger partial charge in [0.15, 0.2) is 11.6 Å². The van der Waals surface area contributed by atoms with Crippen molar-refractivity contribution in [1.29, 1.82) is 0 Å². The molecule has 0 bridgehead atoms. The second kappa shape index (κ2) is 7.22. The maximum Gasteiger partial charge on any atom is 0.169 e. The fourth-order valence-electron chi connectivity index (χ4n) is 1.48. The Bertz CT molecular complexity index is 339. The summed E-state index contributed by atoms with van der Waals surface area (Å²) in [6.07, 6.45) is 2.60. The van der Waals surface area contributed by atoms with Crippen molar-refractivity contribution in [2.45, 2.75) is 33.7 Å². The molecule has 1 aromatic heterocycles. The molecule has 1 heterocycles. The van der Waals surface area contributed by atoms with Gasteiger partial charge in [-0.05, 0) is 24.9 Å². The summed E-state index contributed by atoms with van der Waals surface area (Å²) < 4.78 is 14.0. The molecule has 0 aliphatic carbocycles. The van der Waals surface area contributed by atoms with Gasteiger partial charge in [-0.2, -0.15) is 0 Å². The molecule has 0 spiro atoms. The Hall–Kier alpha value is -1.16. The number of hydrogen-bond acceptors (Lipinski definition) is 3. The summed E-state index contributed by atoms with van der Waals surface area (Å²) in [5, 5.41) is 6.22. The minimum absolute atomic E-state index is 0.239. The molecule has 0 saturated carbocycles. The van der Waals surface area contributed by atoms with Gasteiger partial charge in [-0.1, -0.05) is 20.8 Å². The Morgan fingerprint density at radius 1 is 1.41 bits per heavy atom. The predicted molar refractivity (Wildman–Crippen MR) is 69.5 cm³/mol. The highest BCUT2D eigenvalue weighted by molar-refractivity contribution is 5.39. The average molecular weight is 239 g/mol. The van der Waals surface area contributed by atoms with Crippen molar-refractivity contribution in [3.05, 3.63) is 23.6 Å². The van der Waals surface area contributed by atoms with Crippen LogP contribution in [0.4, 0.5) is 10.2 Å². The molecule has 0 atom stereocenters. The van der Waals surface area contributed by atoms with Gasteiger partial charge in [0.2, 0.25) is 0 Å². The number of anilines is 1. The molecule has 0 aliphatic heterocycles. The number of nitrogens with one attached hydrogen (secondary N) is 2. The van der Waals surface area contributed by atoms with Crippen LogP contribution >= 0.6 is 0 Å². The van der Waals surface area contributed by atoms with Gasteiger partial charge in [-0.3, -0.25) is 0 Å². The number of halogens is 1. The van der Waals surface area contributed by atoms with Gasteiger partial charge in [0.25, 0.3) is 0 Å². The summed E-state index contributed by atoms with van der Waals surface area (Å²) in [6, 6.07) is 1.72. The molecular formula is C13H22FN3. The van der Waals surface area contributed by atoms with Gasteiger partial charge in [-0.15, -0.1) is 0 Å². The lowest BCUT2D eigenvalue weighted by atomic mass is 10.2. The first-order chi connectivity index (χ1) is 8.15. The molecule has 3 nitrogen and oxygen atoms in total. The first-order valence-electron chi connectivity index (χ1n) is 6.23. The standard InChI is InChI=1S/C13H22FN3/c1-4-6-16-13-12(14)11(5-7-17-13)9-15-8-10(2)3/h5,7,10,15H,4,6,8-9H2,1-3H3,(H,16,17). The summed E-state index contributed by atoms with van der Waals surface area (Å²) in [5.74, 6) is 0.686. The van der Waals surface area contributed by atoms with Crippen LogP contribution in [0.1, 0.15) is 32.8 Å². The van der Waals surface area contributed by atoms with Gasteiger partial charge in [0.05, 0.1) is 0 Å². The van der Waals surface area contributed by atoms with E-state index < -0.39 is 0 Å². The molecule has 2 N–H and O–H groups in total. The van der Waals surface area contributed by atoms with Gasteiger partial charge in [-0.25, -0.2) is 9.37 Å². The molecule has 0 unspecified atom stereocenters. The molecule has 1 rings (SSSR count). The van der Waals surface area contributed by atoms with Crippen LogP contribution in [-0.4, -0.2) is 18.1 Å². The third-order valence-electron chi connectivity index (χ3n) is 2.38. The average Bonchev–Trinajstić information content (AvgIpc) is 2.29. The summed E-state index contributed by atoms with van der Waals surface area (Å²) in [4.78, 5) is 4.01. The number of nitrogens with zero attached hydrogens (tertiary/aromatic N) is 1.